The van der Waals surface area contributed by atoms with Gasteiger partial charge >= 0.3 is 6.09 Å². The van der Waals surface area contributed by atoms with Crippen LogP contribution in [-0.4, -0.2) is 176 Å². The molecule has 2 heterocycles. The van der Waals surface area contributed by atoms with Crippen LogP contribution in [0, 0.1) is 35.3 Å². The number of amides is 10. The molecule has 84 heavy (non-hydrogen) atoms. The summed E-state index contributed by atoms with van der Waals surface area (Å²) in [5, 5.41) is 13.4. The molecular weight excluding hydrogens is 1090 g/mol. The molecular formula is C60H87F2N9O13. The van der Waals surface area contributed by atoms with Crippen LogP contribution in [0.15, 0.2) is 54.6 Å². The van der Waals surface area contributed by atoms with Crippen molar-refractivity contribution in [2.45, 2.75) is 149 Å². The number of likely N-dealkylation sites (N-methyl/N-ethyl adjacent to an activating group) is 2. The van der Waals surface area contributed by atoms with Crippen LogP contribution < -0.4 is 26.6 Å². The van der Waals surface area contributed by atoms with Gasteiger partial charge in [0.05, 0.1) is 49.7 Å². The molecule has 2 aliphatic heterocycles. The van der Waals surface area contributed by atoms with Crippen molar-refractivity contribution in [2.75, 3.05) is 66.4 Å². The average molecular weight is 1180 g/mol. The van der Waals surface area contributed by atoms with E-state index in [1.54, 1.807) is 70.8 Å². The fourth-order valence-corrected chi connectivity index (χ4v) is 10.6. The normalized spacial score (nSPS) is 16.5. The van der Waals surface area contributed by atoms with Gasteiger partial charge in [-0.1, -0.05) is 79.5 Å². The molecule has 0 radical (unpaired) electrons. The smallest absolute Gasteiger partial charge is 0.410 e. The lowest BCUT2D eigenvalue weighted by Gasteiger charge is -2.39. The second-order valence-corrected chi connectivity index (χ2v) is 22.2. The van der Waals surface area contributed by atoms with Crippen molar-refractivity contribution in [3.63, 3.8) is 0 Å². The van der Waals surface area contributed by atoms with Crippen molar-refractivity contribution in [1.29, 1.82) is 0 Å². The lowest BCUT2D eigenvalue weighted by Crippen LogP contribution is -2.55. The first kappa shape index (κ1) is 69.2. The lowest BCUT2D eigenvalue weighted by atomic mass is 9.90. The minimum Gasteiger partial charge on any atom is -0.445 e. The molecule has 8 atom stereocenters. The zero-order valence-electron chi connectivity index (χ0n) is 50.4. The summed E-state index contributed by atoms with van der Waals surface area (Å²) in [5.74, 6) is -6.84. The van der Waals surface area contributed by atoms with E-state index in [2.05, 4.69) is 26.6 Å². The maximum absolute atomic E-state index is 14.2. The molecule has 1 fully saturated rings. The van der Waals surface area contributed by atoms with E-state index in [9.17, 15) is 56.7 Å². The third kappa shape index (κ3) is 19.9. The Kier molecular flexibility index (Phi) is 27.8. The third-order valence-electron chi connectivity index (χ3n) is 15.5. The Hall–Kier alpha value is -7.34. The maximum atomic E-state index is 14.2. The second-order valence-electron chi connectivity index (χ2n) is 22.2. The Balaban J connectivity index is 1.24. The number of rotatable bonds is 33. The molecule has 0 aliphatic carbocycles. The van der Waals surface area contributed by atoms with E-state index in [1.165, 1.54) is 44.4 Å². The third-order valence-corrected chi connectivity index (χ3v) is 15.5. The lowest BCUT2D eigenvalue weighted by molar-refractivity contribution is -0.145. The van der Waals surface area contributed by atoms with E-state index in [0.29, 0.717) is 56.3 Å². The quantitative estimate of drug-likeness (QED) is 0.0483. The Bertz CT molecular complexity index is 2600. The topological polar surface area (TPSA) is 272 Å². The highest BCUT2D eigenvalue weighted by Crippen LogP contribution is 2.30. The first-order valence-corrected chi connectivity index (χ1v) is 28.8. The van der Waals surface area contributed by atoms with Gasteiger partial charge in [0.15, 0.2) is 0 Å². The molecule has 10 amide bonds. The number of methoxy groups -OCH3 is 2. The summed E-state index contributed by atoms with van der Waals surface area (Å²) in [6, 6.07) is 6.98. The molecule has 22 nitrogen and oxygen atoms in total. The number of ether oxygens (including phenoxy) is 3. The number of hydrogen-bond acceptors (Lipinski definition) is 13. The fraction of sp³-hybridized carbons (Fsp3) is 0.600. The van der Waals surface area contributed by atoms with Gasteiger partial charge in [-0.05, 0) is 79.7 Å². The summed E-state index contributed by atoms with van der Waals surface area (Å²) in [4.78, 5) is 136. The summed E-state index contributed by atoms with van der Waals surface area (Å²) >= 11 is 0. The monoisotopic (exact) mass is 1180 g/mol. The van der Waals surface area contributed by atoms with E-state index in [1.807, 2.05) is 13.8 Å². The highest BCUT2D eigenvalue weighted by molar-refractivity contribution is 6.12. The largest absolute Gasteiger partial charge is 0.445 e. The molecule has 0 bridgehead atoms. The molecule has 2 aromatic carbocycles. The van der Waals surface area contributed by atoms with Gasteiger partial charge < -0.3 is 50.6 Å². The number of nitrogens with zero attached hydrogens (tertiary/aromatic N) is 4. The number of carbonyl (C=O) groups is 10. The predicted octanol–water partition coefficient (Wildman–Crippen LogP) is 4.63. The highest BCUT2D eigenvalue weighted by Gasteiger charge is 2.42. The van der Waals surface area contributed by atoms with Crippen LogP contribution in [0.25, 0.3) is 0 Å². The van der Waals surface area contributed by atoms with Crippen molar-refractivity contribution < 1.29 is 70.9 Å². The molecule has 0 saturated carbocycles. The van der Waals surface area contributed by atoms with E-state index in [4.69, 9.17) is 14.2 Å². The number of unbranched alkanes of at least 4 members (excludes halogenated alkanes) is 2. The number of likely N-dealkylation sites (tertiary alicyclic amines) is 1. The number of imide groups is 1. The molecule has 0 spiro atoms. The molecule has 0 aromatic heterocycles. The van der Waals surface area contributed by atoms with Crippen LogP contribution in [0.1, 0.15) is 111 Å². The van der Waals surface area contributed by atoms with Gasteiger partial charge in [-0.2, -0.15) is 0 Å². The minimum atomic E-state index is -1.04. The Labute approximate surface area is 491 Å². The molecule has 1 saturated heterocycles. The van der Waals surface area contributed by atoms with E-state index < -0.39 is 102 Å². The highest BCUT2D eigenvalue weighted by atomic mass is 19.1. The van der Waals surface area contributed by atoms with Crippen LogP contribution in [-0.2, 0) is 70.4 Å². The van der Waals surface area contributed by atoms with Gasteiger partial charge in [-0.25, -0.2) is 13.6 Å². The summed E-state index contributed by atoms with van der Waals surface area (Å²) in [6.07, 6.45) is 3.59. The molecule has 4 rings (SSSR count). The van der Waals surface area contributed by atoms with Crippen molar-refractivity contribution in [1.82, 2.24) is 40.9 Å². The predicted molar refractivity (Wildman–Crippen MR) is 308 cm³/mol. The fourth-order valence-electron chi connectivity index (χ4n) is 10.6. The standard InChI is InChI=1S/C60H87F2N9O13/c1-12-38(6)55(46(82-10)32-51(76)70-31-17-20-45(70)56(83-11)39(7)57(78)63-29-28-42-43(61)18-16-19-44(42)62)68(8)52(77)34-65-59(80)54(37(4)5)69(9)60(81)84-35-40-22-24-41(25-23-40)66-48(73)33-64-58(79)53(36(2)3)67-47(72)21-14-13-15-30-71-49(74)26-27-50(71)75/h16,18-19,22-27,36-39,45-46,53-56H,12-15,17,20-21,28-35H2,1-11H3,(H,63,78)(H,64,79)(H,65,80)(H,66,73)(H,67,72)/t38-,39+,45-,46+,53?,54?,55?,56+/m0/s1. The number of nitrogens with one attached hydrogen (secondary N) is 5. The van der Waals surface area contributed by atoms with Crippen LogP contribution >= 0.6 is 0 Å². The first-order valence-electron chi connectivity index (χ1n) is 28.8. The van der Waals surface area contributed by atoms with Crippen LogP contribution in [0.5, 0.6) is 0 Å². The number of hydrogen-bond donors (Lipinski definition) is 5. The Morgan fingerprint density at radius 2 is 1.39 bits per heavy atom. The maximum Gasteiger partial charge on any atom is 0.410 e. The number of halogens is 2. The van der Waals surface area contributed by atoms with Crippen LogP contribution in [0.4, 0.5) is 19.3 Å². The summed E-state index contributed by atoms with van der Waals surface area (Å²) < 4.78 is 45.8. The van der Waals surface area contributed by atoms with E-state index in [0.717, 1.165) is 21.9 Å². The molecule has 2 aliphatic rings. The van der Waals surface area contributed by atoms with Crippen molar-refractivity contribution in [2.24, 2.45) is 23.7 Å². The van der Waals surface area contributed by atoms with E-state index in [-0.39, 0.29) is 86.5 Å². The van der Waals surface area contributed by atoms with Gasteiger partial charge in [0, 0.05) is 77.8 Å². The zero-order valence-corrected chi connectivity index (χ0v) is 50.4. The molecule has 24 heteroatoms. The van der Waals surface area contributed by atoms with Crippen LogP contribution in [0.2, 0.25) is 0 Å². The Morgan fingerprint density at radius 3 is 1.99 bits per heavy atom. The molecule has 464 valence electrons. The van der Waals surface area contributed by atoms with Crippen molar-refractivity contribution in [3.8, 4) is 0 Å². The van der Waals surface area contributed by atoms with Gasteiger partial charge in [0.1, 0.15) is 30.3 Å². The first-order chi connectivity index (χ1) is 39.8. The minimum absolute atomic E-state index is 0.00920. The molecule has 2 aromatic rings. The summed E-state index contributed by atoms with van der Waals surface area (Å²) in [5.41, 5.74) is 0.825. The van der Waals surface area contributed by atoms with Gasteiger partial charge in [0.25, 0.3) is 11.8 Å². The van der Waals surface area contributed by atoms with Gasteiger partial charge in [-0.3, -0.25) is 53.0 Å². The summed E-state index contributed by atoms with van der Waals surface area (Å²) in [6.45, 7) is 12.2. The number of carbonyl (C=O) groups excluding carboxylic acids is 10. The molecule has 5 N–H and O–H groups in total. The van der Waals surface area contributed by atoms with Gasteiger partial charge in [0.2, 0.25) is 41.4 Å². The zero-order chi connectivity index (χ0) is 62.4. The SMILES string of the molecule is CC[C@H](C)C([C@@H](CC(=O)N1CCC[C@H]1[C@H](OC)[C@@H](C)C(=O)NCCc1c(F)cccc1F)OC)N(C)C(=O)CNC(=O)C(C(C)C)N(C)C(=O)OCc1ccc(NC(=O)CNC(=O)C(NC(=O)CCCCCN2C(=O)C=CC2=O)C(C)C)cc1. The number of anilines is 1. The van der Waals surface area contributed by atoms with E-state index >= 15 is 0 Å². The van der Waals surface area contributed by atoms with Crippen LogP contribution in [0.3, 0.4) is 0 Å². The number of benzene rings is 2. The average Bonchev–Trinajstić information content (AvgIpc) is 3.80. The van der Waals surface area contributed by atoms with Crippen molar-refractivity contribution >= 4 is 64.9 Å². The molecule has 3 unspecified atom stereocenters. The Morgan fingerprint density at radius 1 is 0.750 bits per heavy atom. The second kappa shape index (κ2) is 33.8. The summed E-state index contributed by atoms with van der Waals surface area (Å²) in [7, 11) is 5.93. The van der Waals surface area contributed by atoms with Gasteiger partial charge in [-0.15, -0.1) is 0 Å². The van der Waals surface area contributed by atoms with Crippen molar-refractivity contribution in [3.05, 3.63) is 77.4 Å².